The van der Waals surface area contributed by atoms with Gasteiger partial charge in [0.05, 0.1) is 26.4 Å². The molecule has 0 aromatic heterocycles. The van der Waals surface area contributed by atoms with Crippen LogP contribution in [0.2, 0.25) is 0 Å². The maximum atomic E-state index is 13.0. The predicted molar refractivity (Wildman–Crippen MR) is 331 cm³/mol. The molecule has 0 spiro atoms. The number of unbranched alkanes of at least 4 members (excludes halogenated alkanes) is 33. The normalized spacial score (nSPS) is 14.3. The number of ether oxygens (including phenoxy) is 4. The fourth-order valence-electron chi connectivity index (χ4n) is 9.53. The summed E-state index contributed by atoms with van der Waals surface area (Å²) in [5.74, 6) is -0.739. The Kier molecular flexibility index (Phi) is 55.2. The van der Waals surface area contributed by atoms with Crippen LogP contribution < -0.4 is 0 Å². The molecular formula is C64H124O17P2. The molecule has 83 heavy (non-hydrogen) atoms. The van der Waals surface area contributed by atoms with E-state index in [1.165, 1.54) is 116 Å². The van der Waals surface area contributed by atoms with Crippen LogP contribution in [-0.2, 0) is 65.4 Å². The molecule has 2 unspecified atom stereocenters. The maximum absolute atomic E-state index is 13.0. The zero-order valence-corrected chi connectivity index (χ0v) is 55.3. The van der Waals surface area contributed by atoms with Crippen molar-refractivity contribution in [2.75, 3.05) is 39.6 Å². The predicted octanol–water partition coefficient (Wildman–Crippen LogP) is 17.7. The summed E-state index contributed by atoms with van der Waals surface area (Å²) in [6.45, 7) is 9.34. The number of carbonyl (C=O) groups is 4. The van der Waals surface area contributed by atoms with Crippen LogP contribution in [0.1, 0.15) is 318 Å². The summed E-state index contributed by atoms with van der Waals surface area (Å²) < 4.78 is 67.9. The van der Waals surface area contributed by atoms with Crippen molar-refractivity contribution in [3.8, 4) is 0 Å². The van der Waals surface area contributed by atoms with Crippen molar-refractivity contribution in [1.29, 1.82) is 0 Å². The lowest BCUT2D eigenvalue weighted by Crippen LogP contribution is -2.30. The summed E-state index contributed by atoms with van der Waals surface area (Å²) in [6.07, 6.45) is 39.3. The van der Waals surface area contributed by atoms with Gasteiger partial charge in [0.15, 0.2) is 12.2 Å². The molecule has 0 heterocycles. The molecule has 0 amide bonds. The fraction of sp³-hybridized carbons (Fsp3) is 0.938. The Bertz CT molecular complexity index is 1630. The topological polar surface area (TPSA) is 237 Å². The van der Waals surface area contributed by atoms with Crippen LogP contribution in [-0.4, -0.2) is 96.7 Å². The van der Waals surface area contributed by atoms with Crippen molar-refractivity contribution in [2.45, 2.75) is 336 Å². The van der Waals surface area contributed by atoms with Gasteiger partial charge < -0.3 is 33.8 Å². The van der Waals surface area contributed by atoms with Gasteiger partial charge in [-0.05, 0) is 37.5 Å². The molecule has 19 heteroatoms. The first-order chi connectivity index (χ1) is 39.9. The van der Waals surface area contributed by atoms with E-state index < -0.39 is 97.5 Å². The first-order valence-electron chi connectivity index (χ1n) is 33.5. The van der Waals surface area contributed by atoms with E-state index in [1.54, 1.807) is 0 Å². The Morgan fingerprint density at radius 3 is 0.819 bits per heavy atom. The van der Waals surface area contributed by atoms with Gasteiger partial charge in [0, 0.05) is 25.7 Å². The highest BCUT2D eigenvalue weighted by atomic mass is 31.2. The number of carbonyl (C=O) groups excluding carboxylic acids is 4. The second-order valence-corrected chi connectivity index (χ2v) is 27.0. The molecule has 492 valence electrons. The lowest BCUT2D eigenvalue weighted by Gasteiger charge is -2.21. The number of esters is 4. The summed E-state index contributed by atoms with van der Waals surface area (Å²) in [7, 11) is -9.88. The molecule has 3 N–H and O–H groups in total. The van der Waals surface area contributed by atoms with E-state index in [-0.39, 0.29) is 25.7 Å². The van der Waals surface area contributed by atoms with Gasteiger partial charge in [0.1, 0.15) is 19.3 Å². The summed E-state index contributed by atoms with van der Waals surface area (Å²) in [4.78, 5) is 72.1. The minimum atomic E-state index is -4.94. The van der Waals surface area contributed by atoms with E-state index in [1.807, 2.05) is 0 Å². The molecule has 0 radical (unpaired) electrons. The van der Waals surface area contributed by atoms with E-state index in [0.29, 0.717) is 37.5 Å². The third-order valence-electron chi connectivity index (χ3n) is 14.7. The van der Waals surface area contributed by atoms with Gasteiger partial charge in [0.25, 0.3) is 0 Å². The number of rotatable bonds is 63. The molecule has 0 aliphatic rings. The SMILES string of the molecule is CCCCCCCCCCCCCCCCCCC(=O)O[C@H](COC(=O)CCCCCCCCCC(C)C)COP(=O)(O)OC[C@@H](O)COP(=O)(O)OC[C@@H](COC(=O)CCCCCCCCC)OC(=O)CCCCCCCCCC(C)C. The Morgan fingerprint density at radius 1 is 0.325 bits per heavy atom. The summed E-state index contributed by atoms with van der Waals surface area (Å²) in [5, 5.41) is 10.5. The van der Waals surface area contributed by atoms with Gasteiger partial charge in [0.2, 0.25) is 0 Å². The monoisotopic (exact) mass is 1230 g/mol. The van der Waals surface area contributed by atoms with Gasteiger partial charge in [-0.15, -0.1) is 0 Å². The number of phosphoric ester groups is 2. The van der Waals surface area contributed by atoms with E-state index >= 15 is 0 Å². The lowest BCUT2D eigenvalue weighted by atomic mass is 10.0. The Morgan fingerprint density at radius 2 is 0.554 bits per heavy atom. The van der Waals surface area contributed by atoms with Crippen LogP contribution >= 0.6 is 15.6 Å². The van der Waals surface area contributed by atoms with Crippen molar-refractivity contribution in [3.05, 3.63) is 0 Å². The molecular weight excluding hydrogens is 1100 g/mol. The Labute approximate surface area is 505 Å². The van der Waals surface area contributed by atoms with Crippen LogP contribution in [0.3, 0.4) is 0 Å². The van der Waals surface area contributed by atoms with Crippen molar-refractivity contribution >= 4 is 39.5 Å². The molecule has 0 aromatic rings. The second kappa shape index (κ2) is 56.6. The van der Waals surface area contributed by atoms with Crippen molar-refractivity contribution in [1.82, 2.24) is 0 Å². The van der Waals surface area contributed by atoms with Crippen LogP contribution in [0.15, 0.2) is 0 Å². The van der Waals surface area contributed by atoms with Gasteiger partial charge >= 0.3 is 39.5 Å². The lowest BCUT2D eigenvalue weighted by molar-refractivity contribution is -0.161. The molecule has 0 aliphatic heterocycles. The highest BCUT2D eigenvalue weighted by molar-refractivity contribution is 7.47. The Hall–Kier alpha value is -1.94. The zero-order chi connectivity index (χ0) is 61.5. The average Bonchev–Trinajstić information content (AvgIpc) is 3.45. The smallest absolute Gasteiger partial charge is 0.462 e. The van der Waals surface area contributed by atoms with E-state index in [2.05, 4.69) is 41.5 Å². The number of hydrogen-bond donors (Lipinski definition) is 3. The van der Waals surface area contributed by atoms with E-state index in [4.69, 9.17) is 37.0 Å². The highest BCUT2D eigenvalue weighted by Crippen LogP contribution is 2.45. The van der Waals surface area contributed by atoms with Gasteiger partial charge in [-0.25, -0.2) is 9.13 Å². The van der Waals surface area contributed by atoms with Gasteiger partial charge in [-0.3, -0.25) is 37.3 Å². The molecule has 0 saturated heterocycles. The maximum Gasteiger partial charge on any atom is 0.472 e. The van der Waals surface area contributed by atoms with Crippen LogP contribution in [0.4, 0.5) is 0 Å². The zero-order valence-electron chi connectivity index (χ0n) is 53.5. The highest BCUT2D eigenvalue weighted by Gasteiger charge is 2.30. The van der Waals surface area contributed by atoms with Gasteiger partial charge in [-0.2, -0.15) is 0 Å². The molecule has 0 aliphatic carbocycles. The minimum Gasteiger partial charge on any atom is -0.462 e. The molecule has 0 rings (SSSR count). The summed E-state index contributed by atoms with van der Waals surface area (Å²) in [6, 6.07) is 0. The largest absolute Gasteiger partial charge is 0.472 e. The quantitative estimate of drug-likeness (QED) is 0.0222. The van der Waals surface area contributed by atoms with Crippen LogP contribution in [0.5, 0.6) is 0 Å². The molecule has 0 aromatic carbocycles. The molecule has 0 saturated carbocycles. The first-order valence-corrected chi connectivity index (χ1v) is 36.5. The molecule has 5 atom stereocenters. The van der Waals surface area contributed by atoms with Crippen molar-refractivity contribution in [2.24, 2.45) is 11.8 Å². The van der Waals surface area contributed by atoms with Crippen molar-refractivity contribution < 1.29 is 80.2 Å². The number of aliphatic hydroxyl groups excluding tert-OH is 1. The number of hydrogen-bond acceptors (Lipinski definition) is 15. The third-order valence-corrected chi connectivity index (χ3v) is 16.6. The van der Waals surface area contributed by atoms with Crippen LogP contribution in [0, 0.1) is 11.8 Å². The van der Waals surface area contributed by atoms with E-state index in [0.717, 1.165) is 109 Å². The minimum absolute atomic E-state index is 0.103. The number of phosphoric acid groups is 2. The molecule has 17 nitrogen and oxygen atoms in total. The standard InChI is InChI=1S/C64H124O17P2/c1-7-9-11-13-15-16-17-18-19-20-21-22-23-29-36-42-48-63(68)80-60(53-75-62(67)47-41-35-30-24-27-32-38-44-56(3)4)55-79-83(72,73)77-51-58(65)50-76-82(70,71)78-54-59(52-74-61(66)46-40-34-26-14-12-10-8-2)81-64(69)49-43-37-31-25-28-33-39-45-57(5)6/h56-60,65H,7-55H2,1-6H3,(H,70,71)(H,72,73)/t58-,59+,60+/m0/s1. The Balaban J connectivity index is 5.19. The van der Waals surface area contributed by atoms with Gasteiger partial charge in [-0.1, -0.05) is 266 Å². The van der Waals surface area contributed by atoms with Crippen molar-refractivity contribution in [3.63, 3.8) is 0 Å². The molecule has 0 fully saturated rings. The third kappa shape index (κ3) is 58.8. The van der Waals surface area contributed by atoms with E-state index in [9.17, 15) is 43.2 Å². The second-order valence-electron chi connectivity index (χ2n) is 24.1. The summed E-state index contributed by atoms with van der Waals surface area (Å²) >= 11 is 0. The van der Waals surface area contributed by atoms with Crippen LogP contribution in [0.25, 0.3) is 0 Å². The summed E-state index contributed by atoms with van der Waals surface area (Å²) in [5.41, 5.74) is 0. The average molecular weight is 1230 g/mol. The first kappa shape index (κ1) is 81.1. The number of aliphatic hydroxyl groups is 1. The molecule has 0 bridgehead atoms. The fourth-order valence-corrected chi connectivity index (χ4v) is 11.1.